The van der Waals surface area contributed by atoms with E-state index in [0.29, 0.717) is 25.9 Å². The molecule has 2 aromatic heterocycles. The Labute approximate surface area is 174 Å². The SMILES string of the molecule is O=C(Cn1cnc2sc(-c3ccccc3)cc2c1=O)Nc1ccc(Cl)cc1Cl. The van der Waals surface area contributed by atoms with E-state index in [2.05, 4.69) is 10.3 Å². The summed E-state index contributed by atoms with van der Waals surface area (Å²) < 4.78 is 1.28. The van der Waals surface area contributed by atoms with Crippen LogP contribution < -0.4 is 10.9 Å². The molecule has 0 saturated carbocycles. The van der Waals surface area contributed by atoms with Crippen LogP contribution in [0.3, 0.4) is 0 Å². The van der Waals surface area contributed by atoms with Crippen molar-refractivity contribution >= 4 is 56.3 Å². The first-order valence-electron chi connectivity index (χ1n) is 8.30. The lowest BCUT2D eigenvalue weighted by Crippen LogP contribution is -2.27. The third-order valence-corrected chi connectivity index (χ3v) is 5.74. The summed E-state index contributed by atoms with van der Waals surface area (Å²) in [6.45, 7) is -0.169. The summed E-state index contributed by atoms with van der Waals surface area (Å²) in [6.07, 6.45) is 1.39. The number of benzene rings is 2. The molecule has 2 aromatic carbocycles. The third kappa shape index (κ3) is 3.80. The van der Waals surface area contributed by atoms with E-state index in [9.17, 15) is 9.59 Å². The summed E-state index contributed by atoms with van der Waals surface area (Å²) in [5, 5.41) is 3.97. The lowest BCUT2D eigenvalue weighted by molar-refractivity contribution is -0.116. The van der Waals surface area contributed by atoms with Crippen molar-refractivity contribution in [3.63, 3.8) is 0 Å². The number of hydrogen-bond acceptors (Lipinski definition) is 4. The Morgan fingerprint density at radius 2 is 1.89 bits per heavy atom. The molecule has 0 aliphatic carbocycles. The van der Waals surface area contributed by atoms with E-state index in [1.54, 1.807) is 12.1 Å². The molecule has 4 rings (SSSR count). The van der Waals surface area contributed by atoms with Crippen LogP contribution in [0.25, 0.3) is 20.7 Å². The normalized spacial score (nSPS) is 10.9. The van der Waals surface area contributed by atoms with E-state index in [1.165, 1.54) is 28.3 Å². The van der Waals surface area contributed by atoms with Gasteiger partial charge in [0.2, 0.25) is 5.91 Å². The average Bonchev–Trinajstić information content (AvgIpc) is 3.12. The number of carbonyl (C=O) groups is 1. The summed E-state index contributed by atoms with van der Waals surface area (Å²) >= 11 is 13.4. The Morgan fingerprint density at radius 3 is 2.64 bits per heavy atom. The monoisotopic (exact) mass is 429 g/mol. The molecular formula is C20H13Cl2N3O2S. The summed E-state index contributed by atoms with van der Waals surface area (Å²) in [7, 11) is 0. The highest BCUT2D eigenvalue weighted by molar-refractivity contribution is 7.21. The van der Waals surface area contributed by atoms with Crippen LogP contribution in [-0.2, 0) is 11.3 Å². The topological polar surface area (TPSA) is 64.0 Å². The van der Waals surface area contributed by atoms with E-state index >= 15 is 0 Å². The number of hydrogen-bond donors (Lipinski definition) is 1. The third-order valence-electron chi connectivity index (χ3n) is 4.10. The van der Waals surface area contributed by atoms with Crippen molar-refractivity contribution in [2.24, 2.45) is 0 Å². The number of anilines is 1. The number of thiophene rings is 1. The van der Waals surface area contributed by atoms with Crippen molar-refractivity contribution in [1.82, 2.24) is 9.55 Å². The van der Waals surface area contributed by atoms with Crippen molar-refractivity contribution in [2.45, 2.75) is 6.54 Å². The van der Waals surface area contributed by atoms with Crippen molar-refractivity contribution in [3.8, 4) is 10.4 Å². The first-order chi connectivity index (χ1) is 13.5. The predicted molar refractivity (Wildman–Crippen MR) is 114 cm³/mol. The molecule has 2 heterocycles. The van der Waals surface area contributed by atoms with E-state index in [-0.39, 0.29) is 18.0 Å². The zero-order valence-corrected chi connectivity index (χ0v) is 16.7. The van der Waals surface area contributed by atoms with Gasteiger partial charge < -0.3 is 5.32 Å². The first kappa shape index (κ1) is 18.7. The molecule has 8 heteroatoms. The molecule has 0 atom stereocenters. The lowest BCUT2D eigenvalue weighted by Gasteiger charge is -2.08. The smallest absolute Gasteiger partial charge is 0.262 e. The van der Waals surface area contributed by atoms with Gasteiger partial charge in [0, 0.05) is 9.90 Å². The second-order valence-corrected chi connectivity index (χ2v) is 7.92. The van der Waals surface area contributed by atoms with Crippen LogP contribution in [0.5, 0.6) is 0 Å². The standard InChI is InChI=1S/C20H13Cl2N3O2S/c21-13-6-7-16(15(22)8-13)24-18(26)10-25-11-23-19-14(20(25)27)9-17(28-19)12-4-2-1-3-5-12/h1-9,11H,10H2,(H,24,26). The van der Waals surface area contributed by atoms with Gasteiger partial charge >= 0.3 is 0 Å². The van der Waals surface area contributed by atoms with Gasteiger partial charge in [-0.2, -0.15) is 0 Å². The maximum atomic E-state index is 12.8. The van der Waals surface area contributed by atoms with E-state index in [4.69, 9.17) is 23.2 Å². The van der Waals surface area contributed by atoms with Gasteiger partial charge in [-0.25, -0.2) is 4.98 Å². The lowest BCUT2D eigenvalue weighted by atomic mass is 10.2. The minimum atomic E-state index is -0.383. The van der Waals surface area contributed by atoms with Crippen molar-refractivity contribution in [1.29, 1.82) is 0 Å². The number of amides is 1. The molecule has 0 unspecified atom stereocenters. The van der Waals surface area contributed by atoms with Gasteiger partial charge in [-0.3, -0.25) is 14.2 Å². The molecule has 4 aromatic rings. The predicted octanol–water partition coefficient (Wildman–Crippen LogP) is 5.07. The Hall–Kier alpha value is -2.67. The van der Waals surface area contributed by atoms with E-state index in [0.717, 1.165) is 10.4 Å². The van der Waals surface area contributed by atoms with Crippen molar-refractivity contribution in [2.75, 3.05) is 5.32 Å². The minimum Gasteiger partial charge on any atom is -0.323 e. The molecule has 0 spiro atoms. The van der Waals surface area contributed by atoms with E-state index in [1.807, 2.05) is 36.4 Å². The molecule has 0 saturated heterocycles. The number of aromatic nitrogens is 2. The number of nitrogens with one attached hydrogen (secondary N) is 1. The Kier molecular flexibility index (Phi) is 5.17. The quantitative estimate of drug-likeness (QED) is 0.492. The summed E-state index contributed by atoms with van der Waals surface area (Å²) in [5.41, 5.74) is 1.19. The average molecular weight is 430 g/mol. The number of nitrogens with zero attached hydrogens (tertiary/aromatic N) is 2. The maximum Gasteiger partial charge on any atom is 0.262 e. The number of rotatable bonds is 4. The maximum absolute atomic E-state index is 12.8. The van der Waals surface area contributed by atoms with Gasteiger partial charge in [0.15, 0.2) is 0 Å². The zero-order chi connectivity index (χ0) is 19.7. The van der Waals surface area contributed by atoms with Gasteiger partial charge in [0.25, 0.3) is 5.56 Å². The van der Waals surface area contributed by atoms with Crippen LogP contribution in [0, 0.1) is 0 Å². The molecule has 0 fully saturated rings. The van der Waals surface area contributed by atoms with Crippen LogP contribution in [0.4, 0.5) is 5.69 Å². The van der Waals surface area contributed by atoms with Crippen LogP contribution in [0.1, 0.15) is 0 Å². The molecule has 0 bridgehead atoms. The molecule has 1 N–H and O–H groups in total. The summed E-state index contributed by atoms with van der Waals surface area (Å²) in [6, 6.07) is 16.4. The second kappa shape index (κ2) is 7.75. The van der Waals surface area contributed by atoms with Gasteiger partial charge in [-0.15, -0.1) is 11.3 Å². The highest BCUT2D eigenvalue weighted by atomic mass is 35.5. The van der Waals surface area contributed by atoms with Crippen LogP contribution in [-0.4, -0.2) is 15.5 Å². The Morgan fingerprint density at radius 1 is 1.11 bits per heavy atom. The highest BCUT2D eigenvalue weighted by Crippen LogP contribution is 2.30. The molecular weight excluding hydrogens is 417 g/mol. The molecule has 28 heavy (non-hydrogen) atoms. The fraction of sp³-hybridized carbons (Fsp3) is 0.0500. The molecule has 140 valence electrons. The fourth-order valence-corrected chi connectivity index (χ4v) is 4.20. The molecule has 0 radical (unpaired) electrons. The largest absolute Gasteiger partial charge is 0.323 e. The van der Waals surface area contributed by atoms with Gasteiger partial charge in [0.1, 0.15) is 11.4 Å². The van der Waals surface area contributed by atoms with E-state index < -0.39 is 0 Å². The van der Waals surface area contributed by atoms with Crippen LogP contribution >= 0.6 is 34.5 Å². The second-order valence-electron chi connectivity index (χ2n) is 6.05. The van der Waals surface area contributed by atoms with Gasteiger partial charge in [0.05, 0.1) is 22.4 Å². The fourth-order valence-electron chi connectivity index (χ4n) is 2.75. The molecule has 5 nitrogen and oxygen atoms in total. The van der Waals surface area contributed by atoms with Crippen LogP contribution in [0.2, 0.25) is 10.0 Å². The number of carbonyl (C=O) groups excluding carboxylic acids is 1. The Bertz CT molecular complexity index is 1240. The van der Waals surface area contributed by atoms with Crippen molar-refractivity contribution < 1.29 is 4.79 Å². The van der Waals surface area contributed by atoms with Crippen molar-refractivity contribution in [3.05, 3.63) is 81.3 Å². The zero-order valence-electron chi connectivity index (χ0n) is 14.4. The number of halogens is 2. The van der Waals surface area contributed by atoms with Crippen LogP contribution in [0.15, 0.2) is 65.7 Å². The molecule has 0 aliphatic rings. The van der Waals surface area contributed by atoms with Gasteiger partial charge in [-0.05, 0) is 29.8 Å². The summed E-state index contributed by atoms with van der Waals surface area (Å²) in [4.78, 5) is 31.1. The Balaban J connectivity index is 1.59. The highest BCUT2D eigenvalue weighted by Gasteiger charge is 2.13. The number of fused-ring (bicyclic) bond motifs is 1. The first-order valence-corrected chi connectivity index (χ1v) is 9.88. The molecule has 0 aliphatic heterocycles. The van der Waals surface area contributed by atoms with Gasteiger partial charge in [-0.1, -0.05) is 53.5 Å². The minimum absolute atomic E-state index is 0.169. The summed E-state index contributed by atoms with van der Waals surface area (Å²) in [5.74, 6) is -0.383. The molecule has 1 amide bonds.